The Morgan fingerprint density at radius 2 is 1.45 bits per heavy atom. The predicted molar refractivity (Wildman–Crippen MR) is 95.9 cm³/mol. The molecule has 1 aromatic carbocycles. The van der Waals surface area contributed by atoms with E-state index in [2.05, 4.69) is 26.8 Å². The molecule has 2 rings (SSSR count). The van der Waals surface area contributed by atoms with Gasteiger partial charge in [-0.3, -0.25) is 0 Å². The van der Waals surface area contributed by atoms with Gasteiger partial charge in [0, 0.05) is 5.56 Å². The van der Waals surface area contributed by atoms with Gasteiger partial charge in [-0.15, -0.1) is 0 Å². The van der Waals surface area contributed by atoms with E-state index in [-0.39, 0.29) is 0 Å². The van der Waals surface area contributed by atoms with Crippen LogP contribution in [0.25, 0.3) is 0 Å². The van der Waals surface area contributed by atoms with Crippen LogP contribution in [-0.4, -0.2) is 5.11 Å². The van der Waals surface area contributed by atoms with Gasteiger partial charge in [0.15, 0.2) is 0 Å². The molecular weight excluding hydrogens is 268 g/mol. The summed E-state index contributed by atoms with van der Waals surface area (Å²) in [6.07, 6.45) is 12.6. The Morgan fingerprint density at radius 1 is 0.864 bits per heavy atom. The molecule has 1 N–H and O–H groups in total. The van der Waals surface area contributed by atoms with Gasteiger partial charge in [0.2, 0.25) is 0 Å². The molecule has 1 aliphatic rings. The second kappa shape index (κ2) is 8.60. The number of aryl methyl sites for hydroxylation is 1. The maximum absolute atomic E-state index is 10.5. The minimum absolute atomic E-state index is 0.565. The third kappa shape index (κ3) is 3.86. The molecule has 0 saturated carbocycles. The Balaban J connectivity index is 2.32. The monoisotopic (exact) mass is 302 g/mol. The van der Waals surface area contributed by atoms with E-state index >= 15 is 0 Å². The van der Waals surface area contributed by atoms with Gasteiger partial charge < -0.3 is 5.11 Å². The van der Waals surface area contributed by atoms with Gasteiger partial charge in [-0.1, -0.05) is 58.9 Å². The van der Waals surface area contributed by atoms with Gasteiger partial charge in [-0.2, -0.15) is 0 Å². The van der Waals surface area contributed by atoms with Crippen molar-refractivity contribution in [1.82, 2.24) is 0 Å². The Labute approximate surface area is 137 Å². The number of benzene rings is 1. The van der Waals surface area contributed by atoms with Crippen molar-refractivity contribution in [3.05, 3.63) is 28.8 Å². The molecule has 1 nitrogen and oxygen atoms in total. The van der Waals surface area contributed by atoms with E-state index in [0.29, 0.717) is 17.6 Å². The first-order chi connectivity index (χ1) is 10.7. The summed E-state index contributed by atoms with van der Waals surface area (Å²) >= 11 is 0. The summed E-state index contributed by atoms with van der Waals surface area (Å²) in [5.41, 5.74) is 4.39. The van der Waals surface area contributed by atoms with Crippen LogP contribution in [0.2, 0.25) is 0 Å². The molecule has 0 bridgehead atoms. The van der Waals surface area contributed by atoms with Crippen LogP contribution in [0.3, 0.4) is 0 Å². The number of aromatic hydroxyl groups is 1. The van der Waals surface area contributed by atoms with E-state index in [4.69, 9.17) is 0 Å². The van der Waals surface area contributed by atoms with E-state index in [1.807, 2.05) is 6.07 Å². The lowest BCUT2D eigenvalue weighted by Crippen LogP contribution is -2.00. The van der Waals surface area contributed by atoms with Crippen LogP contribution >= 0.6 is 0 Å². The smallest absolute Gasteiger partial charge is 0.119 e. The van der Waals surface area contributed by atoms with Gasteiger partial charge >= 0.3 is 0 Å². The molecule has 0 radical (unpaired) electrons. The molecule has 2 atom stereocenters. The first-order valence-corrected chi connectivity index (χ1v) is 9.57. The third-order valence-corrected chi connectivity index (χ3v) is 5.35. The average Bonchev–Trinajstić information content (AvgIpc) is 2.90. The van der Waals surface area contributed by atoms with E-state index in [1.54, 1.807) is 5.56 Å². The minimum atomic E-state index is 0.565. The molecule has 1 heteroatoms. The van der Waals surface area contributed by atoms with Crippen LogP contribution in [0.5, 0.6) is 5.75 Å². The highest BCUT2D eigenvalue weighted by atomic mass is 16.3. The quantitative estimate of drug-likeness (QED) is 0.539. The van der Waals surface area contributed by atoms with Gasteiger partial charge in [0.05, 0.1) is 0 Å². The molecule has 0 saturated heterocycles. The van der Waals surface area contributed by atoms with E-state index in [0.717, 1.165) is 0 Å². The summed E-state index contributed by atoms with van der Waals surface area (Å²) in [7, 11) is 0. The molecule has 0 spiro atoms. The minimum Gasteiger partial charge on any atom is -0.508 e. The lowest BCUT2D eigenvalue weighted by molar-refractivity contribution is 0.453. The molecule has 1 aliphatic carbocycles. The van der Waals surface area contributed by atoms with Crippen molar-refractivity contribution >= 4 is 0 Å². The summed E-state index contributed by atoms with van der Waals surface area (Å²) in [5, 5.41) is 10.5. The Kier molecular flexibility index (Phi) is 6.79. The summed E-state index contributed by atoms with van der Waals surface area (Å²) in [4.78, 5) is 0. The lowest BCUT2D eigenvalue weighted by atomic mass is 9.89. The fourth-order valence-corrected chi connectivity index (χ4v) is 4.17. The second-order valence-electron chi connectivity index (χ2n) is 7.09. The topological polar surface area (TPSA) is 20.2 Å². The zero-order valence-electron chi connectivity index (χ0n) is 14.8. The molecule has 22 heavy (non-hydrogen) atoms. The summed E-state index contributed by atoms with van der Waals surface area (Å²) in [6.45, 7) is 6.81. The van der Waals surface area contributed by atoms with Crippen LogP contribution in [-0.2, 0) is 6.42 Å². The van der Waals surface area contributed by atoms with Crippen molar-refractivity contribution in [2.45, 2.75) is 96.8 Å². The molecular formula is C21H34O. The predicted octanol–water partition coefficient (Wildman–Crippen LogP) is 6.69. The summed E-state index contributed by atoms with van der Waals surface area (Å²) in [6, 6.07) is 4.16. The van der Waals surface area contributed by atoms with Crippen LogP contribution in [0.4, 0.5) is 0 Å². The van der Waals surface area contributed by atoms with Crippen molar-refractivity contribution in [3.63, 3.8) is 0 Å². The van der Waals surface area contributed by atoms with Crippen LogP contribution in [0.15, 0.2) is 12.1 Å². The number of hydrogen-bond donors (Lipinski definition) is 1. The van der Waals surface area contributed by atoms with Crippen LogP contribution in [0, 0.1) is 0 Å². The largest absolute Gasteiger partial charge is 0.508 e. The van der Waals surface area contributed by atoms with Gasteiger partial charge in [0.25, 0.3) is 0 Å². The number of hydrogen-bond acceptors (Lipinski definition) is 1. The van der Waals surface area contributed by atoms with E-state index in [1.165, 1.54) is 75.3 Å². The standard InChI is InChI=1S/C21H34O/c1-4-7-10-16-13-14-19(22)21-18(12-9-6-3)15-17(20(16)21)11-8-5-2/h13-14,17-18,22H,4-12,15H2,1-3H3. The highest BCUT2D eigenvalue weighted by Gasteiger charge is 2.34. The molecule has 0 aromatic heterocycles. The Morgan fingerprint density at radius 3 is 2.05 bits per heavy atom. The highest BCUT2D eigenvalue weighted by molar-refractivity contribution is 5.52. The highest BCUT2D eigenvalue weighted by Crippen LogP contribution is 2.51. The zero-order chi connectivity index (χ0) is 15.9. The molecule has 124 valence electrons. The van der Waals surface area contributed by atoms with Gasteiger partial charge in [-0.05, 0) is 61.1 Å². The first kappa shape index (κ1) is 17.4. The normalized spacial score (nSPS) is 20.3. The third-order valence-electron chi connectivity index (χ3n) is 5.35. The number of phenols is 1. The molecule has 0 amide bonds. The summed E-state index contributed by atoms with van der Waals surface area (Å²) in [5.74, 6) is 1.85. The maximum Gasteiger partial charge on any atom is 0.119 e. The molecule has 0 heterocycles. The molecule has 0 fully saturated rings. The molecule has 0 aliphatic heterocycles. The summed E-state index contributed by atoms with van der Waals surface area (Å²) < 4.78 is 0. The molecule has 2 unspecified atom stereocenters. The van der Waals surface area contributed by atoms with Gasteiger partial charge in [0.1, 0.15) is 5.75 Å². The van der Waals surface area contributed by atoms with E-state index < -0.39 is 0 Å². The van der Waals surface area contributed by atoms with Crippen LogP contribution in [0.1, 0.15) is 107 Å². The average molecular weight is 303 g/mol. The number of unbranched alkanes of at least 4 members (excludes halogenated alkanes) is 3. The Bertz CT molecular complexity index is 463. The SMILES string of the molecule is CCCCc1ccc(O)c2c1C(CCCC)CC2CCCC. The van der Waals surface area contributed by atoms with Crippen molar-refractivity contribution in [2.75, 3.05) is 0 Å². The van der Waals surface area contributed by atoms with E-state index in [9.17, 15) is 5.11 Å². The maximum atomic E-state index is 10.5. The van der Waals surface area contributed by atoms with Crippen molar-refractivity contribution in [3.8, 4) is 5.75 Å². The van der Waals surface area contributed by atoms with Crippen molar-refractivity contribution in [2.24, 2.45) is 0 Å². The van der Waals surface area contributed by atoms with Crippen LogP contribution < -0.4 is 0 Å². The van der Waals surface area contributed by atoms with Gasteiger partial charge in [-0.25, -0.2) is 0 Å². The van der Waals surface area contributed by atoms with Crippen molar-refractivity contribution < 1.29 is 5.11 Å². The zero-order valence-corrected chi connectivity index (χ0v) is 14.8. The Hall–Kier alpha value is -0.980. The first-order valence-electron chi connectivity index (χ1n) is 9.57. The number of fused-ring (bicyclic) bond motifs is 1. The number of rotatable bonds is 9. The second-order valence-corrected chi connectivity index (χ2v) is 7.09. The lowest BCUT2D eigenvalue weighted by Gasteiger charge is -2.16. The molecule has 1 aromatic rings. The fourth-order valence-electron chi connectivity index (χ4n) is 4.17. The van der Waals surface area contributed by atoms with Crippen molar-refractivity contribution in [1.29, 1.82) is 0 Å². The fraction of sp³-hybridized carbons (Fsp3) is 0.714. The number of phenolic OH excluding ortho intramolecular Hbond substituents is 1.